The molecule has 2 amide bonds. The van der Waals surface area contributed by atoms with E-state index in [2.05, 4.69) is 12.2 Å². The van der Waals surface area contributed by atoms with Crippen LogP contribution in [-0.4, -0.2) is 42.9 Å². The summed E-state index contributed by atoms with van der Waals surface area (Å²) >= 11 is 1.74. The quantitative estimate of drug-likeness (QED) is 0.697. The summed E-state index contributed by atoms with van der Waals surface area (Å²) < 4.78 is 37.0. The molecule has 2 aromatic carbocycles. The minimum atomic E-state index is -4.48. The van der Waals surface area contributed by atoms with Crippen molar-refractivity contribution in [3.8, 4) is 0 Å². The number of para-hydroxylation sites is 1. The highest BCUT2D eigenvalue weighted by Gasteiger charge is 2.28. The molecule has 0 saturated carbocycles. The molecular formula is C22H24F3N3O2S. The number of rotatable bonds is 5. The Morgan fingerprint density at radius 3 is 2.68 bits per heavy atom. The summed E-state index contributed by atoms with van der Waals surface area (Å²) in [7, 11) is 0. The Morgan fingerprint density at radius 2 is 1.94 bits per heavy atom. The van der Waals surface area contributed by atoms with E-state index in [0.717, 1.165) is 22.6 Å². The van der Waals surface area contributed by atoms with Gasteiger partial charge in [0.2, 0.25) is 5.91 Å². The van der Waals surface area contributed by atoms with E-state index >= 15 is 0 Å². The summed E-state index contributed by atoms with van der Waals surface area (Å²) in [6.07, 6.45) is -3.62. The lowest BCUT2D eigenvalue weighted by Gasteiger charge is -2.23. The molecule has 0 fully saturated rings. The summed E-state index contributed by atoms with van der Waals surface area (Å²) in [4.78, 5) is 27.8. The molecule has 0 saturated heterocycles. The average molecular weight is 452 g/mol. The van der Waals surface area contributed by atoms with E-state index in [0.29, 0.717) is 17.5 Å². The number of nitrogens with one attached hydrogen (secondary N) is 2. The van der Waals surface area contributed by atoms with E-state index in [9.17, 15) is 22.8 Å². The Kier molecular flexibility index (Phi) is 7.15. The molecular weight excluding hydrogens is 427 g/mol. The lowest BCUT2D eigenvalue weighted by Crippen LogP contribution is -2.36. The fourth-order valence-corrected chi connectivity index (χ4v) is 4.36. The predicted molar refractivity (Wildman–Crippen MR) is 117 cm³/mol. The number of carbonyl (C=O) groups excluding carboxylic acids is 2. The first-order valence-corrected chi connectivity index (χ1v) is 10.8. The number of anilines is 2. The van der Waals surface area contributed by atoms with Crippen LogP contribution in [0.25, 0.3) is 0 Å². The monoisotopic (exact) mass is 451 g/mol. The van der Waals surface area contributed by atoms with E-state index in [1.54, 1.807) is 29.7 Å². The Hall–Kier alpha value is -2.68. The number of alkyl halides is 3. The molecule has 2 N–H and O–H groups in total. The van der Waals surface area contributed by atoms with Crippen LogP contribution in [0.5, 0.6) is 0 Å². The third kappa shape index (κ3) is 6.16. The summed E-state index contributed by atoms with van der Waals surface area (Å²) in [5.74, 6) is -0.937. The number of fused-ring (bicyclic) bond motifs is 1. The molecule has 0 aromatic heterocycles. The standard InChI is InChI=1S/C22H24F3N3O2S/c1-14-7-8-16(21(30)27-13-22(23,24)25)11-17(14)26-12-20(29)28-10-9-15(2)31-19-6-4-3-5-18(19)28/h3-8,11,15,26H,9-10,12-13H2,1-2H3,(H,27,30). The van der Waals surface area contributed by atoms with Crippen LogP contribution in [0.4, 0.5) is 24.5 Å². The summed E-state index contributed by atoms with van der Waals surface area (Å²) in [6.45, 7) is 3.13. The van der Waals surface area contributed by atoms with Gasteiger partial charge in [0.1, 0.15) is 6.54 Å². The van der Waals surface area contributed by atoms with E-state index < -0.39 is 18.6 Å². The van der Waals surface area contributed by atoms with Gasteiger partial charge in [0.15, 0.2) is 0 Å². The molecule has 1 aliphatic rings. The Bertz CT molecular complexity index is 965. The first kappa shape index (κ1) is 23.0. The summed E-state index contributed by atoms with van der Waals surface area (Å²) in [5, 5.41) is 5.28. The maximum absolute atomic E-state index is 13.0. The third-order valence-corrected chi connectivity index (χ3v) is 6.16. The average Bonchev–Trinajstić information content (AvgIpc) is 2.88. The number of hydrogen-bond donors (Lipinski definition) is 2. The number of benzene rings is 2. The van der Waals surface area contributed by atoms with Crippen LogP contribution in [0.15, 0.2) is 47.4 Å². The van der Waals surface area contributed by atoms with Gasteiger partial charge in [-0.1, -0.05) is 25.1 Å². The topological polar surface area (TPSA) is 61.4 Å². The van der Waals surface area contributed by atoms with E-state index in [1.807, 2.05) is 29.6 Å². The molecule has 0 spiro atoms. The van der Waals surface area contributed by atoms with Crippen molar-refractivity contribution in [2.24, 2.45) is 0 Å². The highest BCUT2D eigenvalue weighted by atomic mass is 32.2. The second-order valence-electron chi connectivity index (χ2n) is 7.41. The van der Waals surface area contributed by atoms with Gasteiger partial charge in [-0.05, 0) is 43.2 Å². The first-order valence-electron chi connectivity index (χ1n) is 9.89. The lowest BCUT2D eigenvalue weighted by atomic mass is 10.1. The fourth-order valence-electron chi connectivity index (χ4n) is 3.25. The maximum Gasteiger partial charge on any atom is 0.405 e. The van der Waals surface area contributed by atoms with Crippen molar-refractivity contribution < 1.29 is 22.8 Å². The SMILES string of the molecule is Cc1ccc(C(=O)NCC(F)(F)F)cc1NCC(=O)N1CCC(C)Sc2ccccc21. The molecule has 166 valence electrons. The van der Waals surface area contributed by atoms with Crippen molar-refractivity contribution in [3.05, 3.63) is 53.6 Å². The van der Waals surface area contributed by atoms with Gasteiger partial charge in [-0.25, -0.2) is 0 Å². The van der Waals surface area contributed by atoms with Gasteiger partial charge < -0.3 is 15.5 Å². The van der Waals surface area contributed by atoms with Crippen molar-refractivity contribution in [3.63, 3.8) is 0 Å². The number of aryl methyl sites for hydroxylation is 1. The molecule has 0 radical (unpaired) electrons. The fraction of sp³-hybridized carbons (Fsp3) is 0.364. The number of thioether (sulfide) groups is 1. The van der Waals surface area contributed by atoms with Crippen LogP contribution in [0.1, 0.15) is 29.3 Å². The van der Waals surface area contributed by atoms with E-state index in [1.165, 1.54) is 12.1 Å². The number of amides is 2. The Labute approximate surface area is 183 Å². The van der Waals surface area contributed by atoms with Crippen molar-refractivity contribution in [1.29, 1.82) is 0 Å². The van der Waals surface area contributed by atoms with Gasteiger partial charge in [0, 0.05) is 27.9 Å². The van der Waals surface area contributed by atoms with Gasteiger partial charge >= 0.3 is 6.18 Å². The minimum Gasteiger partial charge on any atom is -0.376 e. The van der Waals surface area contributed by atoms with Gasteiger partial charge in [-0.15, -0.1) is 11.8 Å². The predicted octanol–water partition coefficient (Wildman–Crippen LogP) is 4.62. The molecule has 0 aliphatic carbocycles. The molecule has 31 heavy (non-hydrogen) atoms. The number of halogens is 3. The molecule has 9 heteroatoms. The molecule has 0 bridgehead atoms. The highest BCUT2D eigenvalue weighted by molar-refractivity contribution is 8.00. The van der Waals surface area contributed by atoms with Gasteiger partial charge in [-0.2, -0.15) is 13.2 Å². The molecule has 1 unspecified atom stereocenters. The molecule has 2 aromatic rings. The van der Waals surface area contributed by atoms with Crippen LogP contribution in [0.2, 0.25) is 0 Å². The van der Waals surface area contributed by atoms with Gasteiger partial charge in [0.25, 0.3) is 5.91 Å². The summed E-state index contributed by atoms with van der Waals surface area (Å²) in [5.41, 5.74) is 2.27. The zero-order chi connectivity index (χ0) is 22.6. The molecule has 5 nitrogen and oxygen atoms in total. The smallest absolute Gasteiger partial charge is 0.376 e. The van der Waals surface area contributed by atoms with Crippen LogP contribution in [-0.2, 0) is 4.79 Å². The molecule has 1 atom stereocenters. The highest BCUT2D eigenvalue weighted by Crippen LogP contribution is 2.37. The zero-order valence-corrected chi connectivity index (χ0v) is 18.1. The molecule has 1 heterocycles. The van der Waals surface area contributed by atoms with Crippen molar-refractivity contribution >= 4 is 35.0 Å². The van der Waals surface area contributed by atoms with Crippen LogP contribution >= 0.6 is 11.8 Å². The van der Waals surface area contributed by atoms with Crippen molar-refractivity contribution in [2.75, 3.05) is 29.9 Å². The Morgan fingerprint density at radius 1 is 1.19 bits per heavy atom. The van der Waals surface area contributed by atoms with Crippen molar-refractivity contribution in [1.82, 2.24) is 5.32 Å². The Balaban J connectivity index is 1.70. The van der Waals surface area contributed by atoms with Crippen LogP contribution in [0, 0.1) is 6.92 Å². The molecule has 1 aliphatic heterocycles. The maximum atomic E-state index is 13.0. The minimum absolute atomic E-state index is 0.00183. The van der Waals surface area contributed by atoms with Crippen LogP contribution < -0.4 is 15.5 Å². The van der Waals surface area contributed by atoms with Gasteiger partial charge in [-0.3, -0.25) is 9.59 Å². The normalized spacial score (nSPS) is 16.3. The largest absolute Gasteiger partial charge is 0.405 e. The second kappa shape index (κ2) is 9.64. The lowest BCUT2D eigenvalue weighted by molar-refractivity contribution is -0.123. The zero-order valence-electron chi connectivity index (χ0n) is 17.3. The number of nitrogens with zero attached hydrogens (tertiary/aromatic N) is 1. The van der Waals surface area contributed by atoms with Crippen molar-refractivity contribution in [2.45, 2.75) is 36.6 Å². The van der Waals surface area contributed by atoms with Crippen LogP contribution in [0.3, 0.4) is 0 Å². The first-order chi connectivity index (χ1) is 14.6. The van der Waals surface area contributed by atoms with Gasteiger partial charge in [0.05, 0.1) is 12.2 Å². The summed E-state index contributed by atoms with van der Waals surface area (Å²) in [6, 6.07) is 12.3. The second-order valence-corrected chi connectivity index (χ2v) is 8.89. The number of hydrogen-bond acceptors (Lipinski definition) is 4. The molecule has 3 rings (SSSR count). The number of carbonyl (C=O) groups is 2. The van der Waals surface area contributed by atoms with E-state index in [-0.39, 0.29) is 18.0 Å². The van der Waals surface area contributed by atoms with E-state index in [4.69, 9.17) is 0 Å². The third-order valence-electron chi connectivity index (χ3n) is 4.92.